The molecule has 3 aromatic carbocycles. The smallest absolute Gasteiger partial charge is 0.227 e. The summed E-state index contributed by atoms with van der Waals surface area (Å²) in [7, 11) is 1.66. The van der Waals surface area contributed by atoms with Gasteiger partial charge in [-0.3, -0.25) is 4.79 Å². The van der Waals surface area contributed by atoms with Gasteiger partial charge in [-0.2, -0.15) is 0 Å². The number of fused-ring (bicyclic) bond motifs is 1. The lowest BCUT2D eigenvalue weighted by Crippen LogP contribution is -2.28. The second-order valence-electron chi connectivity index (χ2n) is 5.81. The van der Waals surface area contributed by atoms with E-state index in [2.05, 4.69) is 0 Å². The highest BCUT2D eigenvalue weighted by Crippen LogP contribution is 2.21. The molecule has 0 aliphatic heterocycles. The van der Waals surface area contributed by atoms with Crippen molar-refractivity contribution in [3.8, 4) is 0 Å². The Morgan fingerprint density at radius 1 is 1.04 bits per heavy atom. The number of amides is 1. The number of carbonyl (C=O) groups is 1. The van der Waals surface area contributed by atoms with Crippen LogP contribution in [0.5, 0.6) is 0 Å². The Labute approximate surface area is 145 Å². The van der Waals surface area contributed by atoms with Crippen molar-refractivity contribution in [2.24, 2.45) is 0 Å². The molecule has 0 spiro atoms. The Morgan fingerprint density at radius 3 is 2.54 bits per heavy atom. The molecule has 24 heavy (non-hydrogen) atoms. The maximum Gasteiger partial charge on any atom is 0.227 e. The van der Waals surface area contributed by atoms with Gasteiger partial charge in [0.15, 0.2) is 0 Å². The van der Waals surface area contributed by atoms with Gasteiger partial charge in [0.1, 0.15) is 5.82 Å². The lowest BCUT2D eigenvalue weighted by Gasteiger charge is -2.18. The van der Waals surface area contributed by atoms with E-state index in [1.165, 1.54) is 11.0 Å². The average Bonchev–Trinajstić information content (AvgIpc) is 2.58. The van der Waals surface area contributed by atoms with Crippen LogP contribution < -0.4 is 0 Å². The van der Waals surface area contributed by atoms with Gasteiger partial charge in [0, 0.05) is 24.2 Å². The van der Waals surface area contributed by atoms with Crippen molar-refractivity contribution in [1.82, 2.24) is 4.90 Å². The van der Waals surface area contributed by atoms with Crippen LogP contribution in [-0.4, -0.2) is 17.9 Å². The van der Waals surface area contributed by atoms with Gasteiger partial charge in [-0.15, -0.1) is 0 Å². The quantitative estimate of drug-likeness (QED) is 0.665. The van der Waals surface area contributed by atoms with Gasteiger partial charge < -0.3 is 4.90 Å². The van der Waals surface area contributed by atoms with Crippen molar-refractivity contribution in [3.63, 3.8) is 0 Å². The molecule has 0 atom stereocenters. The van der Waals surface area contributed by atoms with Crippen LogP contribution in [0.3, 0.4) is 0 Å². The van der Waals surface area contributed by atoms with Gasteiger partial charge in [0.2, 0.25) is 5.91 Å². The molecule has 0 aromatic heterocycles. The molecule has 0 N–H and O–H groups in total. The van der Waals surface area contributed by atoms with E-state index in [0.717, 1.165) is 16.3 Å². The molecule has 3 rings (SSSR count). The zero-order valence-corrected chi connectivity index (χ0v) is 14.1. The summed E-state index contributed by atoms with van der Waals surface area (Å²) in [6, 6.07) is 18.5. The normalized spacial score (nSPS) is 10.8. The van der Waals surface area contributed by atoms with Crippen molar-refractivity contribution in [2.75, 3.05) is 7.05 Å². The van der Waals surface area contributed by atoms with E-state index in [-0.39, 0.29) is 18.9 Å². The summed E-state index contributed by atoms with van der Waals surface area (Å²) in [6.45, 7) is 0.151. The average molecular weight is 342 g/mol. The number of hydrogen-bond donors (Lipinski definition) is 0. The lowest BCUT2D eigenvalue weighted by atomic mass is 10.0. The van der Waals surface area contributed by atoms with E-state index in [0.29, 0.717) is 10.6 Å². The number of nitrogens with zero attached hydrogens (tertiary/aromatic N) is 1. The van der Waals surface area contributed by atoms with Crippen LogP contribution in [0.4, 0.5) is 4.39 Å². The fourth-order valence-corrected chi connectivity index (χ4v) is 2.89. The monoisotopic (exact) mass is 341 g/mol. The third kappa shape index (κ3) is 3.57. The van der Waals surface area contributed by atoms with Crippen LogP contribution in [0.15, 0.2) is 60.7 Å². The summed E-state index contributed by atoms with van der Waals surface area (Å²) in [5.41, 5.74) is 1.28. The molecule has 122 valence electrons. The van der Waals surface area contributed by atoms with Gasteiger partial charge in [-0.05, 0) is 28.5 Å². The van der Waals surface area contributed by atoms with Crippen LogP contribution in [0, 0.1) is 5.82 Å². The van der Waals surface area contributed by atoms with E-state index >= 15 is 0 Å². The first kappa shape index (κ1) is 16.5. The van der Waals surface area contributed by atoms with Crippen molar-refractivity contribution >= 4 is 28.3 Å². The highest BCUT2D eigenvalue weighted by atomic mass is 35.5. The van der Waals surface area contributed by atoms with Crippen molar-refractivity contribution in [2.45, 2.75) is 13.0 Å². The van der Waals surface area contributed by atoms with Crippen molar-refractivity contribution in [3.05, 3.63) is 82.6 Å². The minimum absolute atomic E-state index is 0.0791. The molecule has 4 heteroatoms. The zero-order valence-electron chi connectivity index (χ0n) is 13.3. The minimum atomic E-state index is -0.396. The molecule has 3 aromatic rings. The number of likely N-dealkylation sites (N-methyl/N-ethyl adjacent to an activating group) is 1. The Kier molecular flexibility index (Phi) is 4.81. The van der Waals surface area contributed by atoms with E-state index in [4.69, 9.17) is 11.6 Å². The maximum absolute atomic E-state index is 13.9. The second-order valence-corrected chi connectivity index (χ2v) is 6.22. The number of rotatable bonds is 4. The van der Waals surface area contributed by atoms with Gasteiger partial charge in [-0.25, -0.2) is 4.39 Å². The molecule has 0 radical (unpaired) electrons. The molecule has 1 amide bonds. The van der Waals surface area contributed by atoms with Gasteiger partial charge in [-0.1, -0.05) is 60.1 Å². The predicted octanol–water partition coefficient (Wildman–Crippen LogP) is 4.83. The highest BCUT2D eigenvalue weighted by molar-refractivity contribution is 6.31. The lowest BCUT2D eigenvalue weighted by molar-refractivity contribution is -0.129. The van der Waals surface area contributed by atoms with E-state index in [9.17, 15) is 9.18 Å². The van der Waals surface area contributed by atoms with Crippen LogP contribution in [0.25, 0.3) is 10.8 Å². The summed E-state index contributed by atoms with van der Waals surface area (Å²) in [6.07, 6.45) is 0.271. The molecule has 0 bridgehead atoms. The fraction of sp³-hybridized carbons (Fsp3) is 0.150. The van der Waals surface area contributed by atoms with E-state index in [1.807, 2.05) is 42.5 Å². The Bertz CT molecular complexity index is 873. The fourth-order valence-electron chi connectivity index (χ4n) is 2.67. The first-order chi connectivity index (χ1) is 11.5. The topological polar surface area (TPSA) is 20.3 Å². The summed E-state index contributed by atoms with van der Waals surface area (Å²) >= 11 is 6.03. The number of carbonyl (C=O) groups excluding carboxylic acids is 1. The van der Waals surface area contributed by atoms with Crippen LogP contribution in [0.1, 0.15) is 11.1 Å². The summed E-state index contributed by atoms with van der Waals surface area (Å²) in [4.78, 5) is 13.9. The third-order valence-electron chi connectivity index (χ3n) is 4.05. The molecule has 0 saturated heterocycles. The van der Waals surface area contributed by atoms with Gasteiger partial charge in [0.25, 0.3) is 0 Å². The molecule has 2 nitrogen and oxygen atoms in total. The largest absolute Gasteiger partial charge is 0.341 e. The summed E-state index contributed by atoms with van der Waals surface area (Å²) in [5, 5.41) is 2.57. The molecule has 0 fully saturated rings. The van der Waals surface area contributed by atoms with Gasteiger partial charge >= 0.3 is 0 Å². The first-order valence-electron chi connectivity index (χ1n) is 7.69. The van der Waals surface area contributed by atoms with E-state index < -0.39 is 5.82 Å². The second kappa shape index (κ2) is 7.02. The predicted molar refractivity (Wildman–Crippen MR) is 95.5 cm³/mol. The zero-order chi connectivity index (χ0) is 17.1. The standard InChI is InChI=1S/C20H17ClFNO/c1-23(13-17-18(21)7-4-8-19(17)22)20(24)12-14-9-10-15-5-2-3-6-16(15)11-14/h2-11H,12-13H2,1H3. The van der Waals surface area contributed by atoms with Crippen LogP contribution in [-0.2, 0) is 17.8 Å². The molecular weight excluding hydrogens is 325 g/mol. The Morgan fingerprint density at radius 2 is 1.79 bits per heavy atom. The molecular formula is C20H17ClFNO. The first-order valence-corrected chi connectivity index (χ1v) is 8.07. The summed E-state index contributed by atoms with van der Waals surface area (Å²) in [5.74, 6) is -0.475. The Hall–Kier alpha value is -2.39. The van der Waals surface area contributed by atoms with Crippen LogP contribution >= 0.6 is 11.6 Å². The van der Waals surface area contributed by atoms with Crippen molar-refractivity contribution in [1.29, 1.82) is 0 Å². The van der Waals surface area contributed by atoms with Crippen LogP contribution in [0.2, 0.25) is 5.02 Å². The highest BCUT2D eigenvalue weighted by Gasteiger charge is 2.14. The number of hydrogen-bond acceptors (Lipinski definition) is 1. The molecule has 0 aliphatic carbocycles. The van der Waals surface area contributed by atoms with Gasteiger partial charge in [0.05, 0.1) is 6.42 Å². The van der Waals surface area contributed by atoms with Crippen molar-refractivity contribution < 1.29 is 9.18 Å². The molecule has 0 saturated carbocycles. The molecule has 0 aliphatic rings. The SMILES string of the molecule is CN(Cc1c(F)cccc1Cl)C(=O)Cc1ccc2ccccc2c1. The maximum atomic E-state index is 13.9. The minimum Gasteiger partial charge on any atom is -0.341 e. The number of benzene rings is 3. The molecule has 0 unspecified atom stereocenters. The third-order valence-corrected chi connectivity index (χ3v) is 4.41. The number of halogens is 2. The summed E-state index contributed by atoms with van der Waals surface area (Å²) < 4.78 is 13.9. The van der Waals surface area contributed by atoms with E-state index in [1.54, 1.807) is 19.2 Å². The molecule has 0 heterocycles. The Balaban J connectivity index is 1.73.